The zero-order valence-corrected chi connectivity index (χ0v) is 19.5. The second-order valence-electron chi connectivity index (χ2n) is 7.27. The summed E-state index contributed by atoms with van der Waals surface area (Å²) in [6, 6.07) is 15.6. The molecule has 0 bridgehead atoms. The third-order valence-electron chi connectivity index (χ3n) is 5.32. The molecule has 5 nitrogen and oxygen atoms in total. The molecule has 0 spiro atoms. The van der Waals surface area contributed by atoms with Gasteiger partial charge in [0.25, 0.3) is 0 Å². The molecular weight excluding hydrogens is 475 g/mol. The highest BCUT2D eigenvalue weighted by Gasteiger charge is 2.23. The Morgan fingerprint density at radius 3 is 2.66 bits per heavy atom. The number of hydrogen-bond donors (Lipinski definition) is 2. The first-order chi connectivity index (χ1) is 13.8. The van der Waals surface area contributed by atoms with E-state index in [-0.39, 0.29) is 24.0 Å². The van der Waals surface area contributed by atoms with Gasteiger partial charge in [-0.05, 0) is 37.5 Å². The maximum atomic E-state index is 5.39. The number of benzene rings is 1. The van der Waals surface area contributed by atoms with Crippen molar-refractivity contribution in [1.82, 2.24) is 15.5 Å². The second kappa shape index (κ2) is 12.7. The van der Waals surface area contributed by atoms with Crippen molar-refractivity contribution in [3.05, 3.63) is 72.7 Å². The monoisotopic (exact) mass is 508 g/mol. The molecule has 3 rings (SSSR count). The SMILES string of the molecule is C=CCNC(=NCCc1ccco1)NC1CCN(C(C)c2ccccc2)CC1.I. The Labute approximate surface area is 191 Å². The van der Waals surface area contributed by atoms with Crippen molar-refractivity contribution in [2.45, 2.75) is 38.3 Å². The average Bonchev–Trinajstić information content (AvgIpc) is 3.26. The highest BCUT2D eigenvalue weighted by Crippen LogP contribution is 2.23. The van der Waals surface area contributed by atoms with Crippen molar-refractivity contribution >= 4 is 29.9 Å². The minimum Gasteiger partial charge on any atom is -0.469 e. The normalized spacial score (nSPS) is 16.7. The Morgan fingerprint density at radius 1 is 1.24 bits per heavy atom. The predicted octanol–water partition coefficient (Wildman–Crippen LogP) is 4.39. The molecule has 1 aliphatic rings. The number of rotatable bonds is 8. The third kappa shape index (κ3) is 7.51. The Balaban J connectivity index is 0.00000300. The maximum Gasteiger partial charge on any atom is 0.191 e. The molecule has 0 aliphatic carbocycles. The predicted molar refractivity (Wildman–Crippen MR) is 131 cm³/mol. The lowest BCUT2D eigenvalue weighted by atomic mass is 10.0. The molecule has 2 aromatic rings. The van der Waals surface area contributed by atoms with Gasteiger partial charge in [-0.2, -0.15) is 0 Å². The van der Waals surface area contributed by atoms with Crippen LogP contribution in [0.3, 0.4) is 0 Å². The van der Waals surface area contributed by atoms with E-state index in [0.29, 0.717) is 25.2 Å². The summed E-state index contributed by atoms with van der Waals surface area (Å²) in [5.74, 6) is 1.83. The molecule has 1 aliphatic heterocycles. The Hall–Kier alpha value is -1.80. The highest BCUT2D eigenvalue weighted by molar-refractivity contribution is 14.0. The van der Waals surface area contributed by atoms with Gasteiger partial charge in [0.2, 0.25) is 0 Å². The van der Waals surface area contributed by atoms with Crippen LogP contribution < -0.4 is 10.6 Å². The van der Waals surface area contributed by atoms with E-state index in [9.17, 15) is 0 Å². The van der Waals surface area contributed by atoms with Gasteiger partial charge in [-0.15, -0.1) is 30.6 Å². The summed E-state index contributed by atoms with van der Waals surface area (Å²) < 4.78 is 5.39. The Kier molecular flexibility index (Phi) is 10.3. The molecule has 29 heavy (non-hydrogen) atoms. The van der Waals surface area contributed by atoms with Crippen molar-refractivity contribution in [2.24, 2.45) is 4.99 Å². The fourth-order valence-electron chi connectivity index (χ4n) is 3.62. The number of furan rings is 1. The molecule has 6 heteroatoms. The number of nitrogens with zero attached hydrogens (tertiary/aromatic N) is 2. The van der Waals surface area contributed by atoms with Crippen molar-refractivity contribution in [3.8, 4) is 0 Å². The third-order valence-corrected chi connectivity index (χ3v) is 5.32. The van der Waals surface area contributed by atoms with E-state index in [2.05, 4.69) is 59.4 Å². The first kappa shape index (κ1) is 23.5. The lowest BCUT2D eigenvalue weighted by Crippen LogP contribution is -2.49. The van der Waals surface area contributed by atoms with Crippen LogP contribution in [-0.2, 0) is 6.42 Å². The maximum absolute atomic E-state index is 5.39. The smallest absolute Gasteiger partial charge is 0.191 e. The van der Waals surface area contributed by atoms with Crippen LogP contribution in [0.4, 0.5) is 0 Å². The average molecular weight is 508 g/mol. The van der Waals surface area contributed by atoms with E-state index < -0.39 is 0 Å². The van der Waals surface area contributed by atoms with E-state index in [1.165, 1.54) is 5.56 Å². The standard InChI is InChI=1S/C23H32N4O.HI/c1-3-14-24-23(25-15-11-22-10-7-18-28-22)26-21-12-16-27(17-13-21)19(2)20-8-5-4-6-9-20;/h3-10,18-19,21H,1,11-17H2,2H3,(H2,24,25,26);1H. The summed E-state index contributed by atoms with van der Waals surface area (Å²) in [6.45, 7) is 9.68. The largest absolute Gasteiger partial charge is 0.469 e. The summed E-state index contributed by atoms with van der Waals surface area (Å²) in [7, 11) is 0. The van der Waals surface area contributed by atoms with Crippen LogP contribution in [0.5, 0.6) is 0 Å². The molecule has 1 unspecified atom stereocenters. The number of likely N-dealkylation sites (tertiary alicyclic amines) is 1. The van der Waals surface area contributed by atoms with Gasteiger partial charge in [-0.3, -0.25) is 9.89 Å². The van der Waals surface area contributed by atoms with Gasteiger partial charge in [0.15, 0.2) is 5.96 Å². The zero-order valence-electron chi connectivity index (χ0n) is 17.2. The van der Waals surface area contributed by atoms with Gasteiger partial charge in [0.05, 0.1) is 6.26 Å². The second-order valence-corrected chi connectivity index (χ2v) is 7.27. The van der Waals surface area contributed by atoms with Crippen molar-refractivity contribution in [3.63, 3.8) is 0 Å². The van der Waals surface area contributed by atoms with Gasteiger partial charge in [-0.25, -0.2) is 0 Å². The van der Waals surface area contributed by atoms with Gasteiger partial charge in [-0.1, -0.05) is 36.4 Å². The van der Waals surface area contributed by atoms with Crippen LogP contribution in [0.25, 0.3) is 0 Å². The number of aliphatic imine (C=N–C) groups is 1. The molecule has 0 saturated carbocycles. The van der Waals surface area contributed by atoms with Crippen LogP contribution >= 0.6 is 24.0 Å². The van der Waals surface area contributed by atoms with E-state index in [1.54, 1.807) is 6.26 Å². The number of piperidine rings is 1. The van der Waals surface area contributed by atoms with Gasteiger partial charge in [0, 0.05) is 44.7 Å². The quantitative estimate of drug-likeness (QED) is 0.241. The van der Waals surface area contributed by atoms with Crippen molar-refractivity contribution < 1.29 is 4.42 Å². The lowest BCUT2D eigenvalue weighted by molar-refractivity contribution is 0.158. The van der Waals surface area contributed by atoms with Gasteiger partial charge < -0.3 is 15.1 Å². The molecule has 1 fully saturated rings. The molecule has 1 saturated heterocycles. The molecular formula is C23H33IN4O. The van der Waals surface area contributed by atoms with Crippen LogP contribution in [0.2, 0.25) is 0 Å². The van der Waals surface area contributed by atoms with E-state index in [4.69, 9.17) is 9.41 Å². The summed E-state index contributed by atoms with van der Waals surface area (Å²) in [4.78, 5) is 7.27. The van der Waals surface area contributed by atoms with Crippen molar-refractivity contribution in [2.75, 3.05) is 26.2 Å². The molecule has 2 N–H and O–H groups in total. The molecule has 0 amide bonds. The minimum absolute atomic E-state index is 0. The minimum atomic E-state index is 0. The van der Waals surface area contributed by atoms with E-state index >= 15 is 0 Å². The summed E-state index contributed by atoms with van der Waals surface area (Å²) in [6.07, 6.45) is 6.60. The zero-order chi connectivity index (χ0) is 19.6. The van der Waals surface area contributed by atoms with Crippen molar-refractivity contribution in [1.29, 1.82) is 0 Å². The first-order valence-corrected chi connectivity index (χ1v) is 10.2. The number of nitrogens with one attached hydrogen (secondary N) is 2. The van der Waals surface area contributed by atoms with Gasteiger partial charge in [0.1, 0.15) is 5.76 Å². The van der Waals surface area contributed by atoms with Crippen LogP contribution in [0.1, 0.15) is 37.1 Å². The first-order valence-electron chi connectivity index (χ1n) is 10.2. The fraction of sp³-hybridized carbons (Fsp3) is 0.435. The van der Waals surface area contributed by atoms with Crippen LogP contribution in [0.15, 0.2) is 70.8 Å². The Morgan fingerprint density at radius 2 is 2.00 bits per heavy atom. The summed E-state index contributed by atoms with van der Waals surface area (Å²) in [5, 5.41) is 6.94. The fourth-order valence-corrected chi connectivity index (χ4v) is 3.62. The lowest BCUT2D eigenvalue weighted by Gasteiger charge is -2.37. The molecule has 1 aromatic carbocycles. The highest BCUT2D eigenvalue weighted by atomic mass is 127. The van der Waals surface area contributed by atoms with Crippen LogP contribution in [0, 0.1) is 0 Å². The molecule has 158 valence electrons. The van der Waals surface area contributed by atoms with Gasteiger partial charge >= 0.3 is 0 Å². The van der Waals surface area contributed by atoms with E-state index in [1.807, 2.05) is 18.2 Å². The number of halogens is 1. The molecule has 1 aromatic heterocycles. The van der Waals surface area contributed by atoms with E-state index in [0.717, 1.165) is 44.1 Å². The number of guanidine groups is 1. The topological polar surface area (TPSA) is 52.8 Å². The summed E-state index contributed by atoms with van der Waals surface area (Å²) in [5.41, 5.74) is 1.39. The number of hydrogen-bond acceptors (Lipinski definition) is 3. The summed E-state index contributed by atoms with van der Waals surface area (Å²) >= 11 is 0. The molecule has 2 heterocycles. The van der Waals surface area contributed by atoms with Crippen LogP contribution in [-0.4, -0.2) is 43.1 Å². The molecule has 0 radical (unpaired) electrons. The Bertz CT molecular complexity index is 725. The molecule has 1 atom stereocenters.